The van der Waals surface area contributed by atoms with Crippen LogP contribution in [0.3, 0.4) is 0 Å². The molecule has 0 fully saturated rings. The fraction of sp³-hybridized carbons (Fsp3) is 0.385. The zero-order chi connectivity index (χ0) is 42.0. The summed E-state index contributed by atoms with van der Waals surface area (Å²) in [6.07, 6.45) is 1.69. The number of nitrogens with zero attached hydrogens (tertiary/aromatic N) is 2. The topological polar surface area (TPSA) is 43.4 Å². The summed E-state index contributed by atoms with van der Waals surface area (Å²) in [4.78, 5) is 5.11. The van der Waals surface area contributed by atoms with Crippen molar-refractivity contribution in [3.8, 4) is 23.0 Å². The summed E-state index contributed by atoms with van der Waals surface area (Å²) in [6, 6.07) is 28.0. The van der Waals surface area contributed by atoms with Crippen molar-refractivity contribution < 1.29 is 18.9 Å². The molecule has 0 N–H and O–H groups in total. The number of anilines is 6. The summed E-state index contributed by atoms with van der Waals surface area (Å²) in [5.74, 6) is 3.16. The van der Waals surface area contributed by atoms with Gasteiger partial charge in [0.25, 0.3) is 6.71 Å². The molecule has 4 aliphatic heterocycles. The molecule has 1 aromatic heterocycles. The average Bonchev–Trinajstić information content (AvgIpc) is 3.29. The van der Waals surface area contributed by atoms with Gasteiger partial charge < -0.3 is 28.7 Å². The number of fused-ring (bicyclic) bond motifs is 8. The highest BCUT2D eigenvalue weighted by atomic mass is 32.1. The lowest BCUT2D eigenvalue weighted by Gasteiger charge is -2.45. The molecule has 0 radical (unpaired) electrons. The molecular weight excluding hydrogens is 759 g/mol. The first-order valence-electron chi connectivity index (χ1n) is 21.8. The monoisotopic (exact) mass is 816 g/mol. The van der Waals surface area contributed by atoms with Crippen LogP contribution in [-0.2, 0) is 16.2 Å². The van der Waals surface area contributed by atoms with E-state index >= 15 is 0 Å². The molecule has 10 rings (SSSR count). The standard InChI is InChI=1S/C52H57BN2O4S/c1-30-22-33(51(6,7)8)23-31(2)47(30)55-40-26-34(52(9,10)11)25-39-46(40)53(49-48(55)36-24-32(50(3,4)5)14-17-45(36)60-49)37-28-43-44(59-21-13-20-58-43)29-38(37)54(39)35-15-16-41-42(27-35)57-19-12-18-56-41/h14-17,22-29H,12-13,18-21H2,1-11H3. The summed E-state index contributed by atoms with van der Waals surface area (Å²) in [6.45, 7) is 28.0. The Labute approximate surface area is 360 Å². The molecule has 5 aromatic carbocycles. The van der Waals surface area contributed by atoms with Crippen LogP contribution in [0.5, 0.6) is 23.0 Å². The molecule has 0 amide bonds. The minimum atomic E-state index is -0.148. The van der Waals surface area contributed by atoms with Gasteiger partial charge in [0.2, 0.25) is 0 Å². The lowest BCUT2D eigenvalue weighted by atomic mass is 9.36. The van der Waals surface area contributed by atoms with Crippen molar-refractivity contribution in [2.75, 3.05) is 36.2 Å². The van der Waals surface area contributed by atoms with E-state index < -0.39 is 0 Å². The van der Waals surface area contributed by atoms with E-state index in [1.165, 1.54) is 76.4 Å². The summed E-state index contributed by atoms with van der Waals surface area (Å²) in [7, 11) is 0. The molecule has 6 nitrogen and oxygen atoms in total. The van der Waals surface area contributed by atoms with Crippen LogP contribution >= 0.6 is 11.3 Å². The van der Waals surface area contributed by atoms with Crippen molar-refractivity contribution in [3.63, 3.8) is 0 Å². The second-order valence-corrected chi connectivity index (χ2v) is 21.4. The lowest BCUT2D eigenvalue weighted by molar-refractivity contribution is 0.296. The Kier molecular flexibility index (Phi) is 8.94. The first-order valence-corrected chi connectivity index (χ1v) is 22.6. The van der Waals surface area contributed by atoms with Gasteiger partial charge in [-0.15, -0.1) is 11.3 Å². The molecule has 0 atom stereocenters. The predicted octanol–water partition coefficient (Wildman–Crippen LogP) is 11.8. The number of benzene rings is 5. The van der Waals surface area contributed by atoms with Gasteiger partial charge in [0, 0.05) is 56.9 Å². The van der Waals surface area contributed by atoms with E-state index in [0.29, 0.717) is 26.4 Å². The third kappa shape index (κ3) is 6.26. The second kappa shape index (κ2) is 13.7. The second-order valence-electron chi connectivity index (χ2n) is 20.4. The summed E-state index contributed by atoms with van der Waals surface area (Å²) >= 11 is 1.94. The molecule has 0 unspecified atom stereocenters. The van der Waals surface area contributed by atoms with Crippen molar-refractivity contribution >= 4 is 78.0 Å². The van der Waals surface area contributed by atoms with Crippen molar-refractivity contribution in [2.24, 2.45) is 0 Å². The van der Waals surface area contributed by atoms with Gasteiger partial charge in [0.1, 0.15) is 0 Å². The number of rotatable bonds is 2. The fourth-order valence-electron chi connectivity index (χ4n) is 9.58. The minimum absolute atomic E-state index is 0.0112. The maximum atomic E-state index is 6.51. The zero-order valence-corrected chi connectivity index (χ0v) is 38.0. The molecule has 0 bridgehead atoms. The van der Waals surface area contributed by atoms with Crippen LogP contribution in [0.25, 0.3) is 10.1 Å². The SMILES string of the molecule is Cc1cc(C(C)(C)C)cc(C)c1N1c2cc(C(C)(C)C)cc3c2B(c2cc4c(cc2N3c2ccc3c(c2)OCCCO3)OCCCO4)c2sc3ccc(C(C)(C)C)cc3c21. The van der Waals surface area contributed by atoms with Crippen LogP contribution in [-0.4, -0.2) is 33.1 Å². The van der Waals surface area contributed by atoms with Crippen LogP contribution in [0.4, 0.5) is 34.1 Å². The number of hydrogen-bond acceptors (Lipinski definition) is 7. The van der Waals surface area contributed by atoms with Gasteiger partial charge >= 0.3 is 0 Å². The van der Waals surface area contributed by atoms with Gasteiger partial charge in [0.15, 0.2) is 23.0 Å². The van der Waals surface area contributed by atoms with Gasteiger partial charge in [-0.05, 0) is 111 Å². The van der Waals surface area contributed by atoms with Crippen LogP contribution in [0.2, 0.25) is 0 Å². The highest BCUT2D eigenvalue weighted by Gasteiger charge is 2.47. The van der Waals surface area contributed by atoms with Crippen LogP contribution in [0.15, 0.2) is 72.8 Å². The van der Waals surface area contributed by atoms with Crippen LogP contribution in [0.1, 0.15) is 103 Å². The molecule has 6 aromatic rings. The van der Waals surface area contributed by atoms with E-state index in [4.69, 9.17) is 18.9 Å². The largest absolute Gasteiger partial charge is 0.490 e. The van der Waals surface area contributed by atoms with E-state index in [1.807, 2.05) is 11.3 Å². The Balaban J connectivity index is 1.35. The molecule has 0 saturated heterocycles. The maximum absolute atomic E-state index is 6.51. The summed E-state index contributed by atoms with van der Waals surface area (Å²) in [5.41, 5.74) is 15.9. The maximum Gasteiger partial charge on any atom is 0.264 e. The van der Waals surface area contributed by atoms with E-state index in [0.717, 1.165) is 47.2 Å². The first kappa shape index (κ1) is 39.1. The molecular formula is C52H57BN2O4S. The van der Waals surface area contributed by atoms with E-state index in [1.54, 1.807) is 0 Å². The van der Waals surface area contributed by atoms with Gasteiger partial charge in [-0.1, -0.05) is 80.5 Å². The molecule has 4 aliphatic rings. The van der Waals surface area contributed by atoms with E-state index in [9.17, 15) is 0 Å². The first-order chi connectivity index (χ1) is 28.5. The number of hydrogen-bond donors (Lipinski definition) is 0. The van der Waals surface area contributed by atoms with E-state index in [2.05, 4.69) is 159 Å². The van der Waals surface area contributed by atoms with Crippen LogP contribution in [0, 0.1) is 13.8 Å². The van der Waals surface area contributed by atoms with Gasteiger partial charge in [-0.25, -0.2) is 0 Å². The van der Waals surface area contributed by atoms with Gasteiger partial charge in [-0.3, -0.25) is 0 Å². The van der Waals surface area contributed by atoms with Crippen molar-refractivity contribution in [2.45, 2.75) is 105 Å². The molecule has 60 heavy (non-hydrogen) atoms. The third-order valence-corrected chi connectivity index (χ3v) is 14.1. The molecule has 0 saturated carbocycles. The quantitative estimate of drug-likeness (QED) is 0.162. The smallest absolute Gasteiger partial charge is 0.264 e. The third-order valence-electron chi connectivity index (χ3n) is 12.8. The van der Waals surface area contributed by atoms with Gasteiger partial charge in [0.05, 0.1) is 43.5 Å². The Bertz CT molecular complexity index is 2710. The summed E-state index contributed by atoms with van der Waals surface area (Å²) in [5, 5.41) is 1.30. The fourth-order valence-corrected chi connectivity index (χ4v) is 10.9. The molecule has 8 heteroatoms. The highest BCUT2D eigenvalue weighted by molar-refractivity contribution is 7.33. The van der Waals surface area contributed by atoms with Crippen molar-refractivity contribution in [1.29, 1.82) is 0 Å². The summed E-state index contributed by atoms with van der Waals surface area (Å²) < 4.78 is 28.2. The Hall–Kier alpha value is -5.08. The Morgan fingerprint density at radius 2 is 1.07 bits per heavy atom. The number of aryl methyl sites for hydroxylation is 2. The van der Waals surface area contributed by atoms with E-state index in [-0.39, 0.29) is 23.0 Å². The van der Waals surface area contributed by atoms with Gasteiger partial charge in [-0.2, -0.15) is 0 Å². The van der Waals surface area contributed by atoms with Crippen molar-refractivity contribution in [1.82, 2.24) is 0 Å². The Morgan fingerprint density at radius 3 is 1.68 bits per heavy atom. The molecule has 5 heterocycles. The average molecular weight is 817 g/mol. The zero-order valence-electron chi connectivity index (χ0n) is 37.2. The van der Waals surface area contributed by atoms with Crippen LogP contribution < -0.4 is 44.4 Å². The normalized spacial score (nSPS) is 15.9. The Morgan fingerprint density at radius 1 is 0.517 bits per heavy atom. The highest BCUT2D eigenvalue weighted by Crippen LogP contribution is 2.52. The molecule has 308 valence electrons. The minimum Gasteiger partial charge on any atom is -0.490 e. The lowest BCUT2D eigenvalue weighted by Crippen LogP contribution is -2.60. The predicted molar refractivity (Wildman–Crippen MR) is 253 cm³/mol. The molecule has 0 spiro atoms. The molecule has 0 aliphatic carbocycles. The van der Waals surface area contributed by atoms with Crippen molar-refractivity contribution in [3.05, 3.63) is 101 Å². The number of ether oxygens (including phenoxy) is 4. The number of thiophene rings is 1.